The van der Waals surface area contributed by atoms with E-state index in [2.05, 4.69) is 10.3 Å². The van der Waals surface area contributed by atoms with Crippen molar-refractivity contribution in [2.45, 2.75) is 13.5 Å². The first kappa shape index (κ1) is 17.8. The molecule has 1 heterocycles. The van der Waals surface area contributed by atoms with Gasteiger partial charge in [0.1, 0.15) is 11.3 Å². The standard InChI is InChI=1S/C23H20N2O3/c1-16-6-12-19(13-7-16)27-15-22(26)24-14-17-8-10-18(11-9-17)23-25-20-4-2-3-5-21(20)28-23/h2-13H,14-15H2,1H3,(H,24,26). The Morgan fingerprint density at radius 2 is 1.75 bits per heavy atom. The molecule has 0 spiro atoms. The van der Waals surface area contributed by atoms with Gasteiger partial charge in [0.15, 0.2) is 12.2 Å². The Hall–Kier alpha value is -3.60. The maximum Gasteiger partial charge on any atom is 0.258 e. The summed E-state index contributed by atoms with van der Waals surface area (Å²) in [6.45, 7) is 2.43. The number of aromatic nitrogens is 1. The molecule has 0 aliphatic rings. The summed E-state index contributed by atoms with van der Waals surface area (Å²) >= 11 is 0. The van der Waals surface area contributed by atoms with Crippen molar-refractivity contribution in [2.24, 2.45) is 0 Å². The van der Waals surface area contributed by atoms with Crippen LogP contribution in [-0.2, 0) is 11.3 Å². The quantitative estimate of drug-likeness (QED) is 0.541. The summed E-state index contributed by atoms with van der Waals surface area (Å²) in [6, 6.07) is 23.1. The van der Waals surface area contributed by atoms with Crippen LogP contribution in [0.5, 0.6) is 5.75 Å². The SMILES string of the molecule is Cc1ccc(OCC(=O)NCc2ccc(-c3nc4ccccc4o3)cc2)cc1. The molecule has 3 aromatic carbocycles. The van der Waals surface area contributed by atoms with Crippen molar-refractivity contribution in [3.8, 4) is 17.2 Å². The van der Waals surface area contributed by atoms with E-state index in [1.807, 2.05) is 79.7 Å². The summed E-state index contributed by atoms with van der Waals surface area (Å²) in [5, 5.41) is 2.86. The number of amides is 1. The topological polar surface area (TPSA) is 64.4 Å². The zero-order valence-corrected chi connectivity index (χ0v) is 15.5. The molecule has 0 atom stereocenters. The highest BCUT2D eigenvalue weighted by Gasteiger charge is 2.08. The van der Waals surface area contributed by atoms with Crippen LogP contribution in [0.4, 0.5) is 0 Å². The second-order valence-corrected chi connectivity index (χ2v) is 6.56. The van der Waals surface area contributed by atoms with E-state index in [1.165, 1.54) is 0 Å². The van der Waals surface area contributed by atoms with Gasteiger partial charge in [-0.05, 0) is 48.9 Å². The lowest BCUT2D eigenvalue weighted by molar-refractivity contribution is -0.123. The Balaban J connectivity index is 1.31. The van der Waals surface area contributed by atoms with Gasteiger partial charge in [-0.15, -0.1) is 0 Å². The summed E-state index contributed by atoms with van der Waals surface area (Å²) in [6.07, 6.45) is 0. The number of hydrogen-bond donors (Lipinski definition) is 1. The molecule has 0 aliphatic carbocycles. The highest BCUT2D eigenvalue weighted by Crippen LogP contribution is 2.24. The Labute approximate surface area is 163 Å². The van der Waals surface area contributed by atoms with Gasteiger partial charge in [-0.2, -0.15) is 0 Å². The van der Waals surface area contributed by atoms with Crippen LogP contribution in [-0.4, -0.2) is 17.5 Å². The molecule has 0 fully saturated rings. The highest BCUT2D eigenvalue weighted by molar-refractivity contribution is 5.77. The summed E-state index contributed by atoms with van der Waals surface area (Å²) in [7, 11) is 0. The number of carbonyl (C=O) groups is 1. The molecule has 1 amide bonds. The fraction of sp³-hybridized carbons (Fsp3) is 0.130. The molecule has 5 heteroatoms. The fourth-order valence-corrected chi connectivity index (χ4v) is 2.80. The number of nitrogens with zero attached hydrogens (tertiary/aromatic N) is 1. The number of fused-ring (bicyclic) bond motifs is 1. The molecule has 0 radical (unpaired) electrons. The number of nitrogens with one attached hydrogen (secondary N) is 1. The first-order chi connectivity index (χ1) is 13.7. The number of oxazole rings is 1. The molecule has 5 nitrogen and oxygen atoms in total. The smallest absolute Gasteiger partial charge is 0.258 e. The molecule has 0 unspecified atom stereocenters. The maximum atomic E-state index is 12.0. The second kappa shape index (κ2) is 7.96. The maximum absolute atomic E-state index is 12.0. The lowest BCUT2D eigenvalue weighted by Crippen LogP contribution is -2.28. The van der Waals surface area contributed by atoms with E-state index in [0.29, 0.717) is 18.2 Å². The van der Waals surface area contributed by atoms with E-state index in [-0.39, 0.29) is 12.5 Å². The van der Waals surface area contributed by atoms with Crippen molar-refractivity contribution >= 4 is 17.0 Å². The summed E-state index contributed by atoms with van der Waals surface area (Å²) in [4.78, 5) is 16.5. The van der Waals surface area contributed by atoms with Crippen LogP contribution in [0.15, 0.2) is 77.2 Å². The lowest BCUT2D eigenvalue weighted by Gasteiger charge is -2.08. The molecular formula is C23H20N2O3. The Morgan fingerprint density at radius 3 is 2.50 bits per heavy atom. The summed E-state index contributed by atoms with van der Waals surface area (Å²) in [5.74, 6) is 1.11. The fourth-order valence-electron chi connectivity index (χ4n) is 2.80. The van der Waals surface area contributed by atoms with Crippen molar-refractivity contribution in [3.63, 3.8) is 0 Å². The molecule has 0 aliphatic heterocycles. The molecule has 1 N–H and O–H groups in total. The van der Waals surface area contributed by atoms with Crippen LogP contribution in [0.3, 0.4) is 0 Å². The van der Waals surface area contributed by atoms with E-state index in [1.54, 1.807) is 0 Å². The average Bonchev–Trinajstić information content (AvgIpc) is 3.16. The van der Waals surface area contributed by atoms with Crippen LogP contribution in [0.1, 0.15) is 11.1 Å². The molecule has 28 heavy (non-hydrogen) atoms. The third kappa shape index (κ3) is 4.20. The van der Waals surface area contributed by atoms with Gasteiger partial charge in [0.25, 0.3) is 5.91 Å². The minimum absolute atomic E-state index is 0.00987. The van der Waals surface area contributed by atoms with Gasteiger partial charge in [0, 0.05) is 12.1 Å². The van der Waals surface area contributed by atoms with Crippen LogP contribution in [0, 0.1) is 6.92 Å². The van der Waals surface area contributed by atoms with Gasteiger partial charge < -0.3 is 14.5 Å². The number of para-hydroxylation sites is 2. The van der Waals surface area contributed by atoms with E-state index in [0.717, 1.165) is 27.8 Å². The van der Waals surface area contributed by atoms with Crippen LogP contribution >= 0.6 is 0 Å². The van der Waals surface area contributed by atoms with Crippen molar-refractivity contribution in [3.05, 3.63) is 83.9 Å². The average molecular weight is 372 g/mol. The van der Waals surface area contributed by atoms with E-state index in [4.69, 9.17) is 9.15 Å². The molecular weight excluding hydrogens is 352 g/mol. The number of benzene rings is 3. The minimum atomic E-state index is -0.163. The van der Waals surface area contributed by atoms with Crippen LogP contribution in [0.25, 0.3) is 22.6 Å². The van der Waals surface area contributed by atoms with E-state index >= 15 is 0 Å². The Bertz CT molecular complexity index is 1050. The first-order valence-corrected chi connectivity index (χ1v) is 9.08. The van der Waals surface area contributed by atoms with Gasteiger partial charge >= 0.3 is 0 Å². The largest absolute Gasteiger partial charge is 0.484 e. The van der Waals surface area contributed by atoms with Crippen LogP contribution in [0.2, 0.25) is 0 Å². The zero-order chi connectivity index (χ0) is 19.3. The summed E-state index contributed by atoms with van der Waals surface area (Å²) < 4.78 is 11.3. The third-order valence-electron chi connectivity index (χ3n) is 4.38. The minimum Gasteiger partial charge on any atom is -0.484 e. The molecule has 0 saturated carbocycles. The van der Waals surface area contributed by atoms with Crippen molar-refractivity contribution < 1.29 is 13.9 Å². The van der Waals surface area contributed by atoms with E-state index < -0.39 is 0 Å². The van der Waals surface area contributed by atoms with E-state index in [9.17, 15) is 4.79 Å². The third-order valence-corrected chi connectivity index (χ3v) is 4.38. The van der Waals surface area contributed by atoms with Gasteiger partial charge in [0.2, 0.25) is 5.89 Å². The first-order valence-electron chi connectivity index (χ1n) is 9.08. The molecule has 4 aromatic rings. The number of aryl methyl sites for hydroxylation is 1. The molecule has 0 bridgehead atoms. The van der Waals surface area contributed by atoms with Gasteiger partial charge in [0.05, 0.1) is 0 Å². The van der Waals surface area contributed by atoms with Gasteiger partial charge in [-0.1, -0.05) is 42.0 Å². The number of carbonyl (C=O) groups excluding carboxylic acids is 1. The molecule has 4 rings (SSSR count). The molecule has 0 saturated heterocycles. The normalized spacial score (nSPS) is 10.8. The van der Waals surface area contributed by atoms with Crippen molar-refractivity contribution in [2.75, 3.05) is 6.61 Å². The van der Waals surface area contributed by atoms with Crippen molar-refractivity contribution in [1.82, 2.24) is 10.3 Å². The second-order valence-electron chi connectivity index (χ2n) is 6.56. The monoisotopic (exact) mass is 372 g/mol. The van der Waals surface area contributed by atoms with Gasteiger partial charge in [-0.25, -0.2) is 4.98 Å². The number of rotatable bonds is 6. The van der Waals surface area contributed by atoms with Crippen LogP contribution < -0.4 is 10.1 Å². The number of ether oxygens (including phenoxy) is 1. The Morgan fingerprint density at radius 1 is 1.00 bits per heavy atom. The van der Waals surface area contributed by atoms with Crippen molar-refractivity contribution in [1.29, 1.82) is 0 Å². The Kier molecular flexibility index (Phi) is 5.06. The molecule has 1 aromatic heterocycles. The van der Waals surface area contributed by atoms with Gasteiger partial charge in [-0.3, -0.25) is 4.79 Å². The summed E-state index contributed by atoms with van der Waals surface area (Å²) in [5.41, 5.74) is 4.64. The molecule has 140 valence electrons. The predicted octanol–water partition coefficient (Wildman–Crippen LogP) is 4.50. The lowest BCUT2D eigenvalue weighted by atomic mass is 10.1. The predicted molar refractivity (Wildman–Crippen MR) is 108 cm³/mol. The number of hydrogen-bond acceptors (Lipinski definition) is 4. The zero-order valence-electron chi connectivity index (χ0n) is 15.5. The highest BCUT2D eigenvalue weighted by atomic mass is 16.5.